The van der Waals surface area contributed by atoms with Crippen molar-refractivity contribution >= 4 is 11.6 Å². The zero-order valence-corrected chi connectivity index (χ0v) is 25.6. The molecule has 0 amide bonds. The third-order valence-corrected chi connectivity index (χ3v) is 11.6. The minimum Gasteiger partial charge on any atom is -0.0989 e. The van der Waals surface area contributed by atoms with Crippen LogP contribution in [0.5, 0.6) is 0 Å². The SMILES string of the molecule is C=C1C/C(=C/C2CCC3C(C2)C2CCCC2C3c2ccc(/C=C(\c3ccccc3)c3ccc(C)cc3)cc2)C(=C)C1C. The lowest BCUT2D eigenvalue weighted by Gasteiger charge is -2.36. The standard InChI is InChI=1S/C42H46/c1-27-13-18-34(19-14-27)40(33-9-6-5-7-10-33)25-31-15-20-35(21-16-31)42-38-12-8-11-37(38)41-26-32(17-22-39(41)42)24-36-23-28(2)29(3)30(36)4/h5-7,9-10,13-16,18-21,24-25,29,32,37-39,41-42H,2,4,8,11-12,17,22-23,26H2,1,3H3/b36-24-,40-25+. The molecule has 0 heterocycles. The van der Waals surface area contributed by atoms with Crippen LogP contribution in [-0.4, -0.2) is 0 Å². The van der Waals surface area contributed by atoms with Crippen LogP contribution < -0.4 is 0 Å². The van der Waals surface area contributed by atoms with Gasteiger partial charge in [0.05, 0.1) is 0 Å². The van der Waals surface area contributed by atoms with E-state index < -0.39 is 0 Å². The highest BCUT2D eigenvalue weighted by atomic mass is 14.6. The molecule has 42 heavy (non-hydrogen) atoms. The maximum Gasteiger partial charge on any atom is 0.00173 e. The molecule has 0 aliphatic heterocycles. The van der Waals surface area contributed by atoms with Gasteiger partial charge in [-0.1, -0.05) is 123 Å². The average Bonchev–Trinajstić information content (AvgIpc) is 3.67. The zero-order valence-electron chi connectivity index (χ0n) is 25.6. The van der Waals surface area contributed by atoms with E-state index in [1.807, 2.05) is 0 Å². The van der Waals surface area contributed by atoms with Gasteiger partial charge in [0.25, 0.3) is 0 Å². The van der Waals surface area contributed by atoms with E-state index in [2.05, 4.69) is 118 Å². The number of rotatable bonds is 5. The van der Waals surface area contributed by atoms with Crippen LogP contribution in [0.25, 0.3) is 11.6 Å². The number of allylic oxidation sites excluding steroid dienone is 4. The quantitative estimate of drug-likeness (QED) is 0.219. The number of fused-ring (bicyclic) bond motifs is 3. The van der Waals surface area contributed by atoms with E-state index in [-0.39, 0.29) is 0 Å². The molecule has 4 aliphatic carbocycles. The highest BCUT2D eigenvalue weighted by Crippen LogP contribution is 2.63. The van der Waals surface area contributed by atoms with Crippen molar-refractivity contribution in [3.05, 3.63) is 143 Å². The minimum atomic E-state index is 0.459. The van der Waals surface area contributed by atoms with Gasteiger partial charge in [-0.2, -0.15) is 0 Å². The Kier molecular flexibility index (Phi) is 7.43. The smallest absolute Gasteiger partial charge is 0.00173 e. The highest BCUT2D eigenvalue weighted by molar-refractivity contribution is 5.91. The third-order valence-electron chi connectivity index (χ3n) is 11.6. The lowest BCUT2D eigenvalue weighted by Crippen LogP contribution is -2.26. The summed E-state index contributed by atoms with van der Waals surface area (Å²) in [4.78, 5) is 0. The van der Waals surface area contributed by atoms with E-state index in [1.54, 1.807) is 5.56 Å². The predicted molar refractivity (Wildman–Crippen MR) is 179 cm³/mol. The Morgan fingerprint density at radius 2 is 1.43 bits per heavy atom. The van der Waals surface area contributed by atoms with Crippen LogP contribution in [0.2, 0.25) is 0 Å². The number of hydrogen-bond donors (Lipinski definition) is 0. The van der Waals surface area contributed by atoms with Crippen LogP contribution >= 0.6 is 0 Å². The van der Waals surface area contributed by atoms with Crippen LogP contribution in [0.3, 0.4) is 0 Å². The topological polar surface area (TPSA) is 0 Å². The van der Waals surface area contributed by atoms with Crippen molar-refractivity contribution in [1.29, 1.82) is 0 Å². The molecule has 4 fully saturated rings. The molecule has 0 radical (unpaired) electrons. The molecule has 214 valence electrons. The molecule has 4 saturated carbocycles. The Morgan fingerprint density at radius 1 is 0.738 bits per heavy atom. The number of benzene rings is 3. The molecule has 0 spiro atoms. The summed E-state index contributed by atoms with van der Waals surface area (Å²) in [6.45, 7) is 13.2. The molecule has 0 nitrogen and oxygen atoms in total. The van der Waals surface area contributed by atoms with E-state index >= 15 is 0 Å². The van der Waals surface area contributed by atoms with Crippen LogP contribution in [0, 0.1) is 42.4 Å². The second kappa shape index (κ2) is 11.4. The first-order valence-electron chi connectivity index (χ1n) is 16.5. The molecule has 7 atom stereocenters. The molecule has 0 aromatic heterocycles. The van der Waals surface area contributed by atoms with Crippen molar-refractivity contribution < 1.29 is 0 Å². The second-order valence-electron chi connectivity index (χ2n) is 13.9. The number of aryl methyl sites for hydroxylation is 1. The van der Waals surface area contributed by atoms with Crippen LogP contribution in [0.1, 0.15) is 85.6 Å². The predicted octanol–water partition coefficient (Wildman–Crippen LogP) is 11.2. The van der Waals surface area contributed by atoms with E-state index in [4.69, 9.17) is 0 Å². The van der Waals surface area contributed by atoms with Gasteiger partial charge in [-0.25, -0.2) is 0 Å². The van der Waals surface area contributed by atoms with E-state index in [9.17, 15) is 0 Å². The van der Waals surface area contributed by atoms with Gasteiger partial charge in [-0.05, 0) is 126 Å². The van der Waals surface area contributed by atoms with Gasteiger partial charge in [0.1, 0.15) is 0 Å². The Labute approximate surface area is 254 Å². The summed E-state index contributed by atoms with van der Waals surface area (Å²) >= 11 is 0. The fraction of sp³-hybridized carbons (Fsp3) is 0.381. The first-order valence-corrected chi connectivity index (χ1v) is 16.5. The molecule has 7 unspecified atom stereocenters. The molecule has 0 bridgehead atoms. The summed E-state index contributed by atoms with van der Waals surface area (Å²) in [6.07, 6.45) is 14.5. The largest absolute Gasteiger partial charge is 0.0989 e. The molecule has 0 N–H and O–H groups in total. The monoisotopic (exact) mass is 550 g/mol. The lowest BCUT2D eigenvalue weighted by atomic mass is 9.69. The molecular weight excluding hydrogens is 504 g/mol. The molecule has 0 heteroatoms. The minimum absolute atomic E-state index is 0.459. The van der Waals surface area contributed by atoms with Crippen LogP contribution in [-0.2, 0) is 0 Å². The van der Waals surface area contributed by atoms with Crippen molar-refractivity contribution in [3.8, 4) is 0 Å². The Morgan fingerprint density at radius 3 is 2.14 bits per heavy atom. The maximum absolute atomic E-state index is 4.43. The van der Waals surface area contributed by atoms with Gasteiger partial charge < -0.3 is 0 Å². The maximum atomic E-state index is 4.43. The second-order valence-corrected chi connectivity index (χ2v) is 13.9. The summed E-state index contributed by atoms with van der Waals surface area (Å²) in [6, 6.07) is 29.5. The third kappa shape index (κ3) is 5.08. The number of hydrogen-bond acceptors (Lipinski definition) is 0. The molecule has 7 rings (SSSR count). The van der Waals surface area contributed by atoms with Crippen molar-refractivity contribution in [2.75, 3.05) is 0 Å². The Balaban J connectivity index is 1.14. The average molecular weight is 551 g/mol. The fourth-order valence-corrected chi connectivity index (χ4v) is 9.31. The summed E-state index contributed by atoms with van der Waals surface area (Å²) < 4.78 is 0. The van der Waals surface area contributed by atoms with Crippen molar-refractivity contribution in [2.24, 2.45) is 35.5 Å². The lowest BCUT2D eigenvalue weighted by molar-refractivity contribution is 0.185. The summed E-state index contributed by atoms with van der Waals surface area (Å²) in [5, 5.41) is 0. The normalized spacial score (nSPS) is 31.9. The van der Waals surface area contributed by atoms with E-state index in [0.29, 0.717) is 5.92 Å². The first-order chi connectivity index (χ1) is 20.5. The van der Waals surface area contributed by atoms with Gasteiger partial charge in [0.15, 0.2) is 0 Å². The molecule has 3 aromatic carbocycles. The van der Waals surface area contributed by atoms with Crippen molar-refractivity contribution in [1.82, 2.24) is 0 Å². The Hall–Kier alpha value is -3.38. The van der Waals surface area contributed by atoms with E-state index in [0.717, 1.165) is 41.9 Å². The fourth-order valence-electron chi connectivity index (χ4n) is 9.31. The summed E-state index contributed by atoms with van der Waals surface area (Å²) in [5.41, 5.74) is 12.2. The van der Waals surface area contributed by atoms with Gasteiger partial charge in [0.2, 0.25) is 0 Å². The summed E-state index contributed by atoms with van der Waals surface area (Å²) in [5.74, 6) is 5.46. The van der Waals surface area contributed by atoms with Gasteiger partial charge >= 0.3 is 0 Å². The van der Waals surface area contributed by atoms with Crippen LogP contribution in [0.4, 0.5) is 0 Å². The Bertz CT molecular complexity index is 1510. The van der Waals surface area contributed by atoms with Gasteiger partial charge in [-0.15, -0.1) is 0 Å². The van der Waals surface area contributed by atoms with Crippen LogP contribution in [0.15, 0.2) is 115 Å². The summed E-state index contributed by atoms with van der Waals surface area (Å²) in [7, 11) is 0. The first kappa shape index (κ1) is 27.5. The molecule has 4 aliphatic rings. The highest BCUT2D eigenvalue weighted by Gasteiger charge is 2.53. The molecule has 3 aromatic rings. The zero-order chi connectivity index (χ0) is 28.8. The van der Waals surface area contributed by atoms with Crippen molar-refractivity contribution in [2.45, 2.75) is 64.7 Å². The molecule has 0 saturated heterocycles. The van der Waals surface area contributed by atoms with Crippen molar-refractivity contribution in [3.63, 3.8) is 0 Å². The van der Waals surface area contributed by atoms with Gasteiger partial charge in [-0.3, -0.25) is 0 Å². The van der Waals surface area contributed by atoms with E-state index in [1.165, 1.54) is 83.1 Å². The molecular formula is C42H46. The van der Waals surface area contributed by atoms with Gasteiger partial charge in [0, 0.05) is 5.92 Å².